The zero-order chi connectivity index (χ0) is 32.6. The molecule has 49 heavy (non-hydrogen) atoms. The second kappa shape index (κ2) is 12.3. The van der Waals surface area contributed by atoms with Crippen molar-refractivity contribution < 1.29 is 4.42 Å². The van der Waals surface area contributed by atoms with E-state index in [1.807, 2.05) is 42.5 Å². The molecule has 0 saturated carbocycles. The predicted octanol–water partition coefficient (Wildman–Crippen LogP) is 9.73. The number of aromatic nitrogens is 3. The summed E-state index contributed by atoms with van der Waals surface area (Å²) in [5.41, 5.74) is 11.4. The van der Waals surface area contributed by atoms with Crippen molar-refractivity contribution in [2.24, 2.45) is 0 Å². The molecule has 0 spiro atoms. The van der Waals surface area contributed by atoms with Gasteiger partial charge in [-0.3, -0.25) is 0 Å². The molecule has 4 heteroatoms. The minimum Gasteiger partial charge on any atom is -0.436 e. The lowest BCUT2D eigenvalue weighted by Gasteiger charge is -2.15. The van der Waals surface area contributed by atoms with Crippen molar-refractivity contribution >= 4 is 22.4 Å². The van der Waals surface area contributed by atoms with Crippen LogP contribution < -0.4 is 10.8 Å². The quantitative estimate of drug-likeness (QED) is 0.184. The van der Waals surface area contributed by atoms with Gasteiger partial charge in [0.15, 0.2) is 11.2 Å². The Balaban J connectivity index is 1.20. The molecule has 4 nitrogen and oxygen atoms in total. The first-order valence-corrected chi connectivity index (χ1v) is 16.7. The normalized spacial score (nSPS) is 12.4. The first-order chi connectivity index (χ1) is 24.3. The molecule has 0 N–H and O–H groups in total. The van der Waals surface area contributed by atoms with Crippen LogP contribution in [0.5, 0.6) is 0 Å². The molecule has 8 aromatic rings. The van der Waals surface area contributed by atoms with E-state index in [0.717, 1.165) is 73.6 Å². The van der Waals surface area contributed by atoms with Crippen LogP contribution >= 0.6 is 0 Å². The molecule has 1 aliphatic carbocycles. The highest BCUT2D eigenvalue weighted by molar-refractivity contribution is 6.02. The van der Waals surface area contributed by atoms with E-state index < -0.39 is 0 Å². The molecule has 0 atom stereocenters. The molecular formula is C45H31N3O. The van der Waals surface area contributed by atoms with Crippen LogP contribution in [-0.2, 0) is 0 Å². The van der Waals surface area contributed by atoms with E-state index in [1.165, 1.54) is 16.7 Å². The monoisotopic (exact) mass is 629 g/mol. The number of benzene rings is 6. The number of rotatable bonds is 6. The van der Waals surface area contributed by atoms with Gasteiger partial charge in [0.25, 0.3) is 0 Å². The van der Waals surface area contributed by atoms with Gasteiger partial charge in [-0.2, -0.15) is 0 Å². The van der Waals surface area contributed by atoms with Crippen molar-refractivity contribution in [3.05, 3.63) is 174 Å². The van der Waals surface area contributed by atoms with E-state index in [-0.39, 0.29) is 0 Å². The number of hydrogen-bond donors (Lipinski definition) is 0. The summed E-state index contributed by atoms with van der Waals surface area (Å²) in [5, 5.41) is 3.15. The minimum atomic E-state index is 0.651. The number of nitrogens with zero attached hydrogens (tertiary/aromatic N) is 3. The Bertz CT molecular complexity index is 2570. The van der Waals surface area contributed by atoms with Crippen LogP contribution in [0.2, 0.25) is 0 Å². The number of oxazole rings is 1. The van der Waals surface area contributed by atoms with Crippen molar-refractivity contribution in [1.29, 1.82) is 0 Å². The van der Waals surface area contributed by atoms with Crippen LogP contribution in [0.4, 0.5) is 0 Å². The lowest BCUT2D eigenvalue weighted by atomic mass is 9.91. The fraction of sp³-hybridized carbons (Fsp3) is 0.0444. The highest BCUT2D eigenvalue weighted by Crippen LogP contribution is 2.36. The van der Waals surface area contributed by atoms with E-state index in [9.17, 15) is 0 Å². The van der Waals surface area contributed by atoms with Crippen LogP contribution in [0.25, 0.3) is 78.9 Å². The molecule has 0 fully saturated rings. The third kappa shape index (κ3) is 5.43. The molecule has 0 radical (unpaired) electrons. The van der Waals surface area contributed by atoms with Gasteiger partial charge in [-0.15, -0.1) is 0 Å². The second-order valence-electron chi connectivity index (χ2n) is 12.3. The van der Waals surface area contributed by atoms with E-state index in [0.29, 0.717) is 11.7 Å². The molecule has 1 aliphatic rings. The molecule has 0 aliphatic heterocycles. The Labute approximate surface area is 284 Å². The third-order valence-corrected chi connectivity index (χ3v) is 9.25. The van der Waals surface area contributed by atoms with Crippen molar-refractivity contribution in [2.75, 3.05) is 0 Å². The van der Waals surface area contributed by atoms with Crippen molar-refractivity contribution in [3.63, 3.8) is 0 Å². The van der Waals surface area contributed by atoms with Gasteiger partial charge in [-0.05, 0) is 64.6 Å². The van der Waals surface area contributed by atoms with E-state index in [1.54, 1.807) is 0 Å². The van der Waals surface area contributed by atoms with Crippen LogP contribution in [0.3, 0.4) is 0 Å². The Morgan fingerprint density at radius 1 is 0.449 bits per heavy atom. The topological polar surface area (TPSA) is 51.8 Å². The highest BCUT2D eigenvalue weighted by Gasteiger charge is 2.19. The largest absolute Gasteiger partial charge is 0.436 e. The summed E-state index contributed by atoms with van der Waals surface area (Å²) in [5.74, 6) is 1.34. The highest BCUT2D eigenvalue weighted by atomic mass is 16.3. The SMILES string of the molecule is C1=c2nc(-c3ccccc3)oc2=C(c2ccc(-c3nc(-c4ccccc4)cc(-c4ccc(-c5ccccc5)cc4)n3)c3ccccc23)CC1. The van der Waals surface area contributed by atoms with E-state index in [2.05, 4.69) is 121 Å². The van der Waals surface area contributed by atoms with Crippen molar-refractivity contribution in [1.82, 2.24) is 15.0 Å². The summed E-state index contributed by atoms with van der Waals surface area (Å²) in [6, 6.07) is 54.6. The number of hydrogen-bond acceptors (Lipinski definition) is 4. The maximum atomic E-state index is 6.48. The molecule has 0 amide bonds. The lowest BCUT2D eigenvalue weighted by molar-refractivity contribution is 0.535. The predicted molar refractivity (Wildman–Crippen MR) is 199 cm³/mol. The van der Waals surface area contributed by atoms with Crippen LogP contribution in [0, 0.1) is 0 Å². The first-order valence-electron chi connectivity index (χ1n) is 16.7. The summed E-state index contributed by atoms with van der Waals surface area (Å²) >= 11 is 0. The number of fused-ring (bicyclic) bond motifs is 2. The smallest absolute Gasteiger partial charge is 0.227 e. The van der Waals surface area contributed by atoms with Crippen LogP contribution in [-0.4, -0.2) is 15.0 Å². The summed E-state index contributed by atoms with van der Waals surface area (Å²) in [4.78, 5) is 15.3. The lowest BCUT2D eigenvalue weighted by Crippen LogP contribution is -2.28. The summed E-state index contributed by atoms with van der Waals surface area (Å²) < 4.78 is 6.48. The Hall–Kier alpha value is -6.39. The average Bonchev–Trinajstić information content (AvgIpc) is 3.64. The fourth-order valence-electron chi connectivity index (χ4n) is 6.81. The zero-order valence-corrected chi connectivity index (χ0v) is 26.8. The molecule has 0 unspecified atom stereocenters. The van der Waals surface area contributed by atoms with Crippen molar-refractivity contribution in [3.8, 4) is 56.5 Å². The maximum absolute atomic E-state index is 6.48. The minimum absolute atomic E-state index is 0.651. The second-order valence-corrected chi connectivity index (χ2v) is 12.3. The maximum Gasteiger partial charge on any atom is 0.227 e. The summed E-state index contributed by atoms with van der Waals surface area (Å²) in [7, 11) is 0. The zero-order valence-electron chi connectivity index (χ0n) is 26.8. The molecule has 232 valence electrons. The summed E-state index contributed by atoms with van der Waals surface area (Å²) in [6.07, 6.45) is 3.97. The van der Waals surface area contributed by atoms with Gasteiger partial charge >= 0.3 is 0 Å². The molecule has 0 saturated heterocycles. The average molecular weight is 630 g/mol. The van der Waals surface area contributed by atoms with Gasteiger partial charge in [0.1, 0.15) is 5.35 Å². The van der Waals surface area contributed by atoms with Crippen LogP contribution in [0.1, 0.15) is 18.4 Å². The molecule has 2 heterocycles. The Kier molecular flexibility index (Phi) is 7.25. The molecule has 6 aromatic carbocycles. The van der Waals surface area contributed by atoms with Crippen molar-refractivity contribution in [2.45, 2.75) is 12.8 Å². The van der Waals surface area contributed by atoms with Gasteiger partial charge in [-0.1, -0.05) is 140 Å². The molecule has 2 aromatic heterocycles. The molecular weight excluding hydrogens is 599 g/mol. The Morgan fingerprint density at radius 2 is 0.959 bits per heavy atom. The van der Waals surface area contributed by atoms with Crippen LogP contribution in [0.15, 0.2) is 162 Å². The third-order valence-electron chi connectivity index (χ3n) is 9.25. The summed E-state index contributed by atoms with van der Waals surface area (Å²) in [6.45, 7) is 0. The van der Waals surface area contributed by atoms with Gasteiger partial charge in [0, 0.05) is 27.8 Å². The standard InChI is InChI=1S/C45H31N3O/c1-4-13-30(14-5-1)31-23-25-33(26-24-31)42-29-41(32-15-6-2-7-16-32)46-44(47-42)39-28-27-37(35-19-10-11-20-36(35)39)38-21-12-22-40-43(38)49-45(48-40)34-17-8-3-9-18-34/h1-11,13-20,22-29H,12,21H2. The van der Waals surface area contributed by atoms with Gasteiger partial charge in [0.2, 0.25) is 5.89 Å². The first kappa shape index (κ1) is 28.8. The van der Waals surface area contributed by atoms with E-state index >= 15 is 0 Å². The molecule has 9 rings (SSSR count). The van der Waals surface area contributed by atoms with Gasteiger partial charge in [-0.25, -0.2) is 15.0 Å². The fourth-order valence-corrected chi connectivity index (χ4v) is 6.81. The van der Waals surface area contributed by atoms with Gasteiger partial charge in [0.05, 0.1) is 11.4 Å². The van der Waals surface area contributed by atoms with Gasteiger partial charge < -0.3 is 4.42 Å². The van der Waals surface area contributed by atoms with E-state index in [4.69, 9.17) is 19.4 Å². The molecule has 0 bridgehead atoms. The Morgan fingerprint density at radius 3 is 1.63 bits per heavy atom.